The van der Waals surface area contributed by atoms with Gasteiger partial charge in [0.05, 0.1) is 6.54 Å². The Balaban J connectivity index is 1.95. The maximum Gasteiger partial charge on any atom is 0.251 e. The van der Waals surface area contributed by atoms with Gasteiger partial charge in [-0.2, -0.15) is 11.3 Å². The van der Waals surface area contributed by atoms with Gasteiger partial charge in [0.2, 0.25) is 0 Å². The third-order valence-electron chi connectivity index (χ3n) is 4.17. The summed E-state index contributed by atoms with van der Waals surface area (Å²) in [5.41, 5.74) is 3.90. The standard InChI is InChI=1S/C17H22N2OS/c1-2-9-18-15-4-3-5-16-14(15)6-7-17(20)19(16)11-13-8-10-21-12-13/h6-8,10,12,15,18H,2-5,9,11H2,1H3. The molecule has 1 aliphatic carbocycles. The first-order chi connectivity index (χ1) is 10.3. The van der Waals surface area contributed by atoms with E-state index in [4.69, 9.17) is 0 Å². The van der Waals surface area contributed by atoms with Gasteiger partial charge in [0.15, 0.2) is 0 Å². The quantitative estimate of drug-likeness (QED) is 0.919. The second-order valence-corrected chi connectivity index (χ2v) is 6.47. The smallest absolute Gasteiger partial charge is 0.251 e. The number of aromatic nitrogens is 1. The molecule has 0 radical (unpaired) electrons. The predicted molar refractivity (Wildman–Crippen MR) is 88.1 cm³/mol. The van der Waals surface area contributed by atoms with Crippen molar-refractivity contribution in [2.75, 3.05) is 6.54 Å². The largest absolute Gasteiger partial charge is 0.310 e. The van der Waals surface area contributed by atoms with Crippen LogP contribution in [0.1, 0.15) is 49.0 Å². The van der Waals surface area contributed by atoms with E-state index in [1.54, 1.807) is 17.4 Å². The lowest BCUT2D eigenvalue weighted by Crippen LogP contribution is -2.32. The van der Waals surface area contributed by atoms with E-state index in [2.05, 4.69) is 29.1 Å². The van der Waals surface area contributed by atoms with E-state index in [-0.39, 0.29) is 5.56 Å². The lowest BCUT2D eigenvalue weighted by atomic mass is 9.90. The minimum Gasteiger partial charge on any atom is -0.310 e. The highest BCUT2D eigenvalue weighted by Gasteiger charge is 2.22. The molecular formula is C17H22N2OS. The molecule has 0 saturated carbocycles. The summed E-state index contributed by atoms with van der Waals surface area (Å²) < 4.78 is 1.97. The molecule has 21 heavy (non-hydrogen) atoms. The van der Waals surface area contributed by atoms with Gasteiger partial charge >= 0.3 is 0 Å². The fourth-order valence-electron chi connectivity index (χ4n) is 3.13. The van der Waals surface area contributed by atoms with E-state index >= 15 is 0 Å². The van der Waals surface area contributed by atoms with Gasteiger partial charge < -0.3 is 9.88 Å². The maximum atomic E-state index is 12.3. The van der Waals surface area contributed by atoms with E-state index in [1.807, 2.05) is 10.6 Å². The zero-order valence-corrected chi connectivity index (χ0v) is 13.3. The van der Waals surface area contributed by atoms with Crippen molar-refractivity contribution in [3.63, 3.8) is 0 Å². The number of hydrogen-bond donors (Lipinski definition) is 1. The van der Waals surface area contributed by atoms with Crippen LogP contribution in [0.15, 0.2) is 33.8 Å². The molecule has 0 amide bonds. The summed E-state index contributed by atoms with van der Waals surface area (Å²) in [6.45, 7) is 3.92. The zero-order chi connectivity index (χ0) is 14.7. The Morgan fingerprint density at radius 2 is 2.29 bits per heavy atom. The van der Waals surface area contributed by atoms with Crippen molar-refractivity contribution in [3.05, 3.63) is 56.1 Å². The van der Waals surface area contributed by atoms with E-state index in [9.17, 15) is 4.79 Å². The van der Waals surface area contributed by atoms with Crippen molar-refractivity contribution < 1.29 is 0 Å². The van der Waals surface area contributed by atoms with Crippen LogP contribution in [0.25, 0.3) is 0 Å². The van der Waals surface area contributed by atoms with E-state index < -0.39 is 0 Å². The summed E-state index contributed by atoms with van der Waals surface area (Å²) in [4.78, 5) is 12.3. The number of thiophene rings is 1. The molecule has 2 aromatic heterocycles. The number of hydrogen-bond acceptors (Lipinski definition) is 3. The molecule has 0 saturated heterocycles. The molecule has 0 fully saturated rings. The van der Waals surface area contributed by atoms with Gasteiger partial charge in [0.25, 0.3) is 5.56 Å². The van der Waals surface area contributed by atoms with E-state index in [0.29, 0.717) is 12.6 Å². The topological polar surface area (TPSA) is 34.0 Å². The number of fused-ring (bicyclic) bond motifs is 1. The van der Waals surface area contributed by atoms with Crippen molar-refractivity contribution in [1.82, 2.24) is 9.88 Å². The first-order valence-electron chi connectivity index (χ1n) is 7.76. The van der Waals surface area contributed by atoms with Crippen LogP contribution in [0.4, 0.5) is 0 Å². The van der Waals surface area contributed by atoms with Crippen LogP contribution in [-0.4, -0.2) is 11.1 Å². The molecule has 1 N–H and O–H groups in total. The fourth-order valence-corrected chi connectivity index (χ4v) is 3.79. The summed E-state index contributed by atoms with van der Waals surface area (Å²) in [6, 6.07) is 6.28. The van der Waals surface area contributed by atoms with Gasteiger partial charge in [0, 0.05) is 17.8 Å². The molecule has 0 bridgehead atoms. The SMILES string of the molecule is CCCNC1CCCc2c1ccc(=O)n2Cc1ccsc1. The van der Waals surface area contributed by atoms with Crippen LogP contribution in [0.2, 0.25) is 0 Å². The Hall–Kier alpha value is -1.39. The lowest BCUT2D eigenvalue weighted by Gasteiger charge is -2.28. The molecule has 4 heteroatoms. The van der Waals surface area contributed by atoms with Crippen LogP contribution in [-0.2, 0) is 13.0 Å². The molecule has 2 aromatic rings. The molecule has 3 rings (SSSR count). The van der Waals surface area contributed by atoms with Crippen molar-refractivity contribution in [1.29, 1.82) is 0 Å². The Morgan fingerprint density at radius 1 is 1.38 bits per heavy atom. The monoisotopic (exact) mass is 302 g/mol. The Morgan fingerprint density at radius 3 is 3.05 bits per heavy atom. The third kappa shape index (κ3) is 3.11. The Labute approximate surface area is 129 Å². The second kappa shape index (κ2) is 6.58. The highest BCUT2D eigenvalue weighted by atomic mass is 32.1. The average molecular weight is 302 g/mol. The lowest BCUT2D eigenvalue weighted by molar-refractivity contribution is 0.444. The van der Waals surface area contributed by atoms with Crippen LogP contribution in [0.3, 0.4) is 0 Å². The molecular weight excluding hydrogens is 280 g/mol. The minimum atomic E-state index is 0.121. The first-order valence-corrected chi connectivity index (χ1v) is 8.71. The zero-order valence-electron chi connectivity index (χ0n) is 12.5. The van der Waals surface area contributed by atoms with Crippen LogP contribution >= 0.6 is 11.3 Å². The predicted octanol–water partition coefficient (Wildman–Crippen LogP) is 3.34. The number of nitrogens with zero attached hydrogens (tertiary/aromatic N) is 1. The van der Waals surface area contributed by atoms with Crippen molar-refractivity contribution in [2.45, 2.75) is 45.2 Å². The number of nitrogens with one attached hydrogen (secondary N) is 1. The molecule has 0 aromatic carbocycles. The van der Waals surface area contributed by atoms with Gasteiger partial charge in [-0.15, -0.1) is 0 Å². The van der Waals surface area contributed by atoms with Gasteiger partial charge in [-0.3, -0.25) is 4.79 Å². The van der Waals surface area contributed by atoms with Crippen molar-refractivity contribution >= 4 is 11.3 Å². The second-order valence-electron chi connectivity index (χ2n) is 5.69. The molecule has 0 aliphatic heterocycles. The summed E-state index contributed by atoms with van der Waals surface area (Å²) in [5, 5.41) is 7.82. The molecule has 0 spiro atoms. The van der Waals surface area contributed by atoms with Gasteiger partial charge in [-0.1, -0.05) is 13.0 Å². The summed E-state index contributed by atoms with van der Waals surface area (Å²) in [6.07, 6.45) is 4.48. The van der Waals surface area contributed by atoms with Crippen LogP contribution in [0, 0.1) is 0 Å². The van der Waals surface area contributed by atoms with Crippen LogP contribution < -0.4 is 10.9 Å². The van der Waals surface area contributed by atoms with Gasteiger partial charge in [-0.25, -0.2) is 0 Å². The fraction of sp³-hybridized carbons (Fsp3) is 0.471. The molecule has 112 valence electrons. The maximum absolute atomic E-state index is 12.3. The first kappa shape index (κ1) is 14.5. The Kier molecular flexibility index (Phi) is 4.56. The van der Waals surface area contributed by atoms with E-state index in [0.717, 1.165) is 25.8 Å². The Bertz CT molecular complexity index is 645. The van der Waals surface area contributed by atoms with E-state index in [1.165, 1.54) is 23.2 Å². The summed E-state index contributed by atoms with van der Waals surface area (Å²) in [7, 11) is 0. The number of rotatable bonds is 5. The minimum absolute atomic E-state index is 0.121. The van der Waals surface area contributed by atoms with Gasteiger partial charge in [-0.05, 0) is 60.2 Å². The molecule has 1 aliphatic rings. The summed E-state index contributed by atoms with van der Waals surface area (Å²) in [5.74, 6) is 0. The molecule has 2 heterocycles. The van der Waals surface area contributed by atoms with Crippen molar-refractivity contribution in [2.24, 2.45) is 0 Å². The molecule has 1 unspecified atom stereocenters. The normalized spacial score (nSPS) is 17.7. The highest BCUT2D eigenvalue weighted by Crippen LogP contribution is 2.29. The van der Waals surface area contributed by atoms with Crippen LogP contribution in [0.5, 0.6) is 0 Å². The summed E-state index contributed by atoms with van der Waals surface area (Å²) >= 11 is 1.69. The van der Waals surface area contributed by atoms with Crippen molar-refractivity contribution in [3.8, 4) is 0 Å². The third-order valence-corrected chi connectivity index (χ3v) is 4.91. The molecule has 1 atom stereocenters. The number of pyridine rings is 1. The van der Waals surface area contributed by atoms with Gasteiger partial charge in [0.1, 0.15) is 0 Å². The molecule has 3 nitrogen and oxygen atoms in total. The average Bonchev–Trinajstić information content (AvgIpc) is 3.01. The highest BCUT2D eigenvalue weighted by molar-refractivity contribution is 7.07.